The Balaban J connectivity index is 0.000000147. The minimum Gasteiger partial charge on any atom is -1.00 e. The van der Waals surface area contributed by atoms with Gasteiger partial charge < -0.3 is 24.8 Å². The number of benzene rings is 4. The molecule has 0 aromatic heterocycles. The molecule has 4 heteroatoms. The Kier molecular flexibility index (Phi) is 14.2. The average Bonchev–Trinajstić information content (AvgIpc) is 3.91. The number of hydrogen-bond donors (Lipinski definition) is 0. The second kappa shape index (κ2) is 19.4. The van der Waals surface area contributed by atoms with Gasteiger partial charge in [-0.05, 0) is 171 Å². The van der Waals surface area contributed by atoms with Crippen molar-refractivity contribution in [1.82, 2.24) is 0 Å². The normalized spacial score (nSPS) is 29.6. The summed E-state index contributed by atoms with van der Waals surface area (Å²) in [5.41, 5.74) is 13.1. The Morgan fingerprint density at radius 3 is 1.33 bits per heavy atom. The molecular formula is C60H70Cl2SiZr-2. The van der Waals surface area contributed by atoms with Gasteiger partial charge in [-0.2, -0.15) is 12.1 Å². The standard InChI is InChI=1S/C31H35.C27H29.C2H6Si.2ClH.Zr/c1-2-5-24(6-3-1)27-16-26-7-4-8-29(30(26)17-27)25-9-11-28(12-10-25)31-18-21-13-22(19-31)15-23(14-21)20-31;1-2-18-13-23-4-3-5-25(26(23)14-18)22-6-8-24(9-7-22)27-15-19-10-20(16-27)12-21(11-19)17-27;1-3-2;;;/h4,7-12,16-17,21-24H,1-3,5-6,13-15,18-20H2;3-9,13-14,19-21H,2,10-12,15-17H2,1H3;1-2H3;2*1H;/q2*-1;;;;+2/p-2. The van der Waals surface area contributed by atoms with E-state index in [-0.39, 0.29) is 30.2 Å². The van der Waals surface area contributed by atoms with Gasteiger partial charge in [0.1, 0.15) is 0 Å². The van der Waals surface area contributed by atoms with Crippen LogP contribution in [-0.2, 0) is 40.6 Å². The first-order valence-electron chi connectivity index (χ1n) is 25.3. The Hall–Kier alpha value is -2.22. The van der Waals surface area contributed by atoms with Gasteiger partial charge in [0.2, 0.25) is 0 Å². The molecule has 9 saturated carbocycles. The van der Waals surface area contributed by atoms with E-state index in [1.165, 1.54) is 159 Å². The average molecular weight is 981 g/mol. The van der Waals surface area contributed by atoms with Crippen LogP contribution in [0, 0.1) is 35.5 Å². The van der Waals surface area contributed by atoms with Crippen molar-refractivity contribution in [3.63, 3.8) is 0 Å². The summed E-state index contributed by atoms with van der Waals surface area (Å²) in [7, 11) is 0. The zero-order chi connectivity index (χ0) is 42.0. The van der Waals surface area contributed by atoms with Crippen molar-refractivity contribution in [1.29, 1.82) is 0 Å². The van der Waals surface area contributed by atoms with Crippen molar-refractivity contribution in [2.24, 2.45) is 35.5 Å². The third-order valence-corrected chi connectivity index (χ3v) is 17.8. The molecule has 0 amide bonds. The van der Waals surface area contributed by atoms with E-state index in [0.29, 0.717) is 10.8 Å². The maximum absolute atomic E-state index is 2.52. The summed E-state index contributed by atoms with van der Waals surface area (Å²) >= 11 is 1.74. The first-order valence-corrected chi connectivity index (χ1v) is 31.5. The van der Waals surface area contributed by atoms with Crippen molar-refractivity contribution in [2.45, 2.75) is 152 Å². The quantitative estimate of drug-likeness (QED) is 0.115. The molecule has 0 aliphatic heterocycles. The largest absolute Gasteiger partial charge is 1.00 e. The van der Waals surface area contributed by atoms with Crippen LogP contribution in [0.2, 0.25) is 13.1 Å². The van der Waals surface area contributed by atoms with Crippen LogP contribution >= 0.6 is 0 Å². The van der Waals surface area contributed by atoms with Gasteiger partial charge >= 0.3 is 41.9 Å². The van der Waals surface area contributed by atoms with E-state index in [9.17, 15) is 0 Å². The Labute approximate surface area is 413 Å². The summed E-state index contributed by atoms with van der Waals surface area (Å²) in [5, 5.41) is 5.69. The van der Waals surface area contributed by atoms with Crippen LogP contribution in [-0.4, -0.2) is 5.43 Å². The van der Waals surface area contributed by atoms with Gasteiger partial charge in [0, 0.05) is 0 Å². The maximum atomic E-state index is 2.52. The summed E-state index contributed by atoms with van der Waals surface area (Å²) in [6.07, 6.45) is 26.0. The van der Waals surface area contributed by atoms with E-state index in [1.807, 2.05) is 0 Å². The summed E-state index contributed by atoms with van der Waals surface area (Å²) in [6, 6.07) is 43.1. The molecule has 9 fully saturated rings. The van der Waals surface area contributed by atoms with Gasteiger partial charge in [-0.15, -0.1) is 69.1 Å². The van der Waals surface area contributed by atoms with Crippen LogP contribution in [0.15, 0.2) is 109 Å². The Bertz CT molecular complexity index is 2470. The predicted octanol–water partition coefficient (Wildman–Crippen LogP) is 10.8. The van der Waals surface area contributed by atoms with Gasteiger partial charge in [-0.3, -0.25) is 0 Å². The molecule has 64 heavy (non-hydrogen) atoms. The van der Waals surface area contributed by atoms with Crippen LogP contribution in [0.3, 0.4) is 0 Å². The van der Waals surface area contributed by atoms with Gasteiger partial charge in [-0.1, -0.05) is 98.0 Å². The third-order valence-electron chi connectivity index (χ3n) is 17.8. The fourth-order valence-corrected chi connectivity index (χ4v) is 15.9. The topological polar surface area (TPSA) is 0 Å². The molecule has 6 aromatic carbocycles. The van der Waals surface area contributed by atoms with Crippen molar-refractivity contribution in [2.75, 3.05) is 0 Å². The molecule has 0 N–H and O–H groups in total. The Morgan fingerprint density at radius 2 is 0.922 bits per heavy atom. The number of fused-ring (bicyclic) bond motifs is 2. The molecule has 6 aromatic rings. The number of rotatable bonds is 6. The van der Waals surface area contributed by atoms with E-state index in [1.54, 1.807) is 40.0 Å². The summed E-state index contributed by atoms with van der Waals surface area (Å²) in [4.78, 5) is 0. The minimum absolute atomic E-state index is 0. The predicted molar refractivity (Wildman–Crippen MR) is 262 cm³/mol. The van der Waals surface area contributed by atoms with Gasteiger partial charge in [0.05, 0.1) is 0 Å². The fourth-order valence-electron chi connectivity index (χ4n) is 15.9. The van der Waals surface area contributed by atoms with Crippen molar-refractivity contribution >= 4 is 27.0 Å². The number of halogens is 2. The molecule has 9 aliphatic rings. The molecule has 8 bridgehead atoms. The van der Waals surface area contributed by atoms with Gasteiger partial charge in [-0.25, -0.2) is 0 Å². The molecule has 9 aliphatic carbocycles. The minimum atomic E-state index is 0. The molecule has 334 valence electrons. The fraction of sp³-hybridized carbons (Fsp3) is 0.500. The molecule has 15 rings (SSSR count). The molecule has 0 atom stereocenters. The van der Waals surface area contributed by atoms with Crippen LogP contribution in [0.4, 0.5) is 0 Å². The van der Waals surface area contributed by atoms with E-state index >= 15 is 0 Å². The zero-order valence-electron chi connectivity index (χ0n) is 38.9. The van der Waals surface area contributed by atoms with Crippen molar-refractivity contribution in [3.05, 3.63) is 131 Å². The third kappa shape index (κ3) is 9.21. The van der Waals surface area contributed by atoms with E-state index < -0.39 is 0 Å². The first kappa shape index (κ1) is 46.9. The van der Waals surface area contributed by atoms with Gasteiger partial charge in [0.25, 0.3) is 0 Å². The molecule has 0 spiro atoms. The second-order valence-corrected chi connectivity index (χ2v) is 31.9. The second-order valence-electron chi connectivity index (χ2n) is 22.5. The van der Waals surface area contributed by atoms with E-state index in [0.717, 1.165) is 47.8 Å². The molecular weight excluding hydrogens is 911 g/mol. The zero-order valence-corrected chi connectivity index (χ0v) is 43.9. The smallest absolute Gasteiger partial charge is 0.00391 e. The summed E-state index contributed by atoms with van der Waals surface area (Å²) in [6.45, 7) is 6.86. The first-order chi connectivity index (χ1) is 30.2. The van der Waals surface area contributed by atoms with Crippen LogP contribution in [0.25, 0.3) is 43.8 Å². The SMILES string of the molecule is CCc1cc2c(-c3ccc(C45CC6CC(CC(C6)C4)C5)cc3)cccc2[cH-]1.C[Si](C)=[Zr+2].[Cl-].[Cl-].c1cc(-c2ccc(C34CC5CC(CC(C5)C3)C4)cc2)c2cc(C3CCCCC3)[cH-]c2c1. The Morgan fingerprint density at radius 1 is 0.531 bits per heavy atom. The maximum Gasteiger partial charge on any atom is -0.00391 e. The van der Waals surface area contributed by atoms with Crippen LogP contribution in [0.1, 0.15) is 144 Å². The van der Waals surface area contributed by atoms with Crippen molar-refractivity contribution in [3.8, 4) is 22.3 Å². The van der Waals surface area contributed by atoms with Crippen molar-refractivity contribution < 1.29 is 48.1 Å². The molecule has 0 heterocycles. The molecule has 0 unspecified atom stereocenters. The van der Waals surface area contributed by atoms with E-state index in [4.69, 9.17) is 0 Å². The van der Waals surface area contributed by atoms with Crippen LogP contribution in [0.5, 0.6) is 0 Å². The van der Waals surface area contributed by atoms with Crippen LogP contribution < -0.4 is 24.8 Å². The summed E-state index contributed by atoms with van der Waals surface area (Å²) in [5.74, 6) is 6.88. The summed E-state index contributed by atoms with van der Waals surface area (Å²) < 4.78 is 0. The number of aryl methyl sites for hydroxylation is 1. The van der Waals surface area contributed by atoms with E-state index in [2.05, 4.69) is 129 Å². The van der Waals surface area contributed by atoms with Gasteiger partial charge in [0.15, 0.2) is 0 Å². The molecule has 0 radical (unpaired) electrons. The molecule has 0 nitrogen and oxygen atoms in total. The number of hydrogen-bond acceptors (Lipinski definition) is 0. The molecule has 0 saturated heterocycles. The monoisotopic (exact) mass is 978 g/mol.